The van der Waals surface area contributed by atoms with Crippen molar-refractivity contribution in [1.82, 2.24) is 24.6 Å². The molecule has 0 saturated heterocycles. The van der Waals surface area contributed by atoms with Gasteiger partial charge in [-0.25, -0.2) is 9.97 Å². The minimum Gasteiger partial charge on any atom is -0.494 e. The van der Waals surface area contributed by atoms with Gasteiger partial charge in [-0.2, -0.15) is 5.10 Å². The topological polar surface area (TPSA) is 118 Å². The first-order chi connectivity index (χ1) is 20.0. The summed E-state index contributed by atoms with van der Waals surface area (Å²) in [5, 5.41) is 19.6. The molecule has 0 spiro atoms. The van der Waals surface area contributed by atoms with E-state index < -0.39 is 0 Å². The highest BCUT2D eigenvalue weighted by molar-refractivity contribution is 5.79. The number of aromatic nitrogens is 4. The van der Waals surface area contributed by atoms with Gasteiger partial charge in [-0.3, -0.25) is 14.8 Å². The van der Waals surface area contributed by atoms with Crippen molar-refractivity contribution in [2.45, 2.75) is 19.3 Å². The summed E-state index contributed by atoms with van der Waals surface area (Å²) in [5.74, 6) is 1.03. The van der Waals surface area contributed by atoms with Crippen molar-refractivity contribution >= 4 is 34.3 Å². The molecule has 0 amide bonds. The second-order valence-corrected chi connectivity index (χ2v) is 11.5. The predicted molar refractivity (Wildman–Crippen MR) is 165 cm³/mol. The van der Waals surface area contributed by atoms with Crippen LogP contribution in [0.3, 0.4) is 0 Å². The molecule has 12 heteroatoms. The smallest absolute Gasteiger partial charge is 0.294 e. The molecule has 4 heterocycles. The monoisotopic (exact) mass is 571 g/mol. The fourth-order valence-corrected chi connectivity index (χ4v) is 5.21. The van der Waals surface area contributed by atoms with Gasteiger partial charge in [0.15, 0.2) is 0 Å². The Bertz CT molecular complexity index is 1620. The zero-order chi connectivity index (χ0) is 30.2. The van der Waals surface area contributed by atoms with Crippen molar-refractivity contribution < 1.29 is 9.66 Å². The minimum absolute atomic E-state index is 0.0126. The Hall–Kier alpha value is -4.71. The van der Waals surface area contributed by atoms with Crippen molar-refractivity contribution in [3.63, 3.8) is 0 Å². The Balaban J connectivity index is 1.45. The van der Waals surface area contributed by atoms with Crippen molar-refractivity contribution in [3.05, 3.63) is 70.8 Å². The number of pyridine rings is 2. The molecule has 1 aliphatic rings. The lowest BCUT2D eigenvalue weighted by molar-refractivity contribution is -0.384. The summed E-state index contributed by atoms with van der Waals surface area (Å²) in [4.78, 5) is 27.4. The van der Waals surface area contributed by atoms with Gasteiger partial charge in [0.1, 0.15) is 17.3 Å². The lowest BCUT2D eigenvalue weighted by atomic mass is 9.91. The number of methoxy groups -OCH3 is 1. The molecule has 12 nitrogen and oxygen atoms in total. The average Bonchev–Trinajstić information content (AvgIpc) is 3.51. The number of nitro groups is 1. The fraction of sp³-hybridized carbons (Fsp3) is 0.367. The van der Waals surface area contributed by atoms with E-state index >= 15 is 0 Å². The first-order valence-electron chi connectivity index (χ1n) is 13.7. The molecule has 0 fully saturated rings. The first-order valence-corrected chi connectivity index (χ1v) is 13.7. The SMILES string of the molecule is COc1cc(N(C)CCN(C)C)c([N+](=O)[O-])cc1Nc1cc(N2CC(C)(C)c3nc(-c4cnn(C)c4)ccc32)ccn1. The van der Waals surface area contributed by atoms with Gasteiger partial charge in [0.05, 0.1) is 41.0 Å². The lowest BCUT2D eigenvalue weighted by Crippen LogP contribution is -2.28. The van der Waals surface area contributed by atoms with Crippen LogP contribution in [-0.2, 0) is 12.5 Å². The van der Waals surface area contributed by atoms with Crippen LogP contribution in [-0.4, -0.2) is 77.5 Å². The van der Waals surface area contributed by atoms with E-state index in [0.29, 0.717) is 29.5 Å². The second-order valence-electron chi connectivity index (χ2n) is 11.5. The standard InChI is InChI=1S/C30H37N9O3/c1-30(2)19-38(24-9-8-22(34-29(24)30)20-17-32-37(6)18-20)21-10-11-31-28(14-21)33-23-15-26(39(40)41)25(16-27(23)42-7)36(5)13-12-35(3)4/h8-11,14-18H,12-13,19H2,1-7H3,(H,31,33). The molecule has 42 heavy (non-hydrogen) atoms. The maximum absolute atomic E-state index is 12.1. The summed E-state index contributed by atoms with van der Waals surface area (Å²) < 4.78 is 7.42. The van der Waals surface area contributed by atoms with Crippen LogP contribution in [0.4, 0.5) is 34.3 Å². The van der Waals surface area contributed by atoms with Crippen LogP contribution in [0.2, 0.25) is 0 Å². The Morgan fingerprint density at radius 3 is 2.60 bits per heavy atom. The Morgan fingerprint density at radius 1 is 1.14 bits per heavy atom. The van der Waals surface area contributed by atoms with Gasteiger partial charge in [0.2, 0.25) is 0 Å². The number of nitro benzene ring substituents is 1. The fourth-order valence-electron chi connectivity index (χ4n) is 5.21. The van der Waals surface area contributed by atoms with E-state index in [1.165, 1.54) is 6.07 Å². The third-order valence-electron chi connectivity index (χ3n) is 7.47. The molecule has 0 atom stereocenters. The number of ether oxygens (including phenoxy) is 1. The highest BCUT2D eigenvalue weighted by Gasteiger charge is 2.38. The van der Waals surface area contributed by atoms with Gasteiger partial charge in [0, 0.05) is 81.0 Å². The van der Waals surface area contributed by atoms with Crippen molar-refractivity contribution in [1.29, 1.82) is 0 Å². The van der Waals surface area contributed by atoms with Gasteiger partial charge in [0.25, 0.3) is 5.69 Å². The van der Waals surface area contributed by atoms with Gasteiger partial charge in [-0.05, 0) is 32.3 Å². The number of benzene rings is 1. The van der Waals surface area contributed by atoms with Crippen molar-refractivity contribution in [2.75, 3.05) is 63.0 Å². The number of rotatable bonds is 10. The van der Waals surface area contributed by atoms with E-state index in [2.05, 4.69) is 40.2 Å². The van der Waals surface area contributed by atoms with E-state index in [9.17, 15) is 10.1 Å². The number of aryl methyl sites for hydroxylation is 1. The summed E-state index contributed by atoms with van der Waals surface area (Å²) >= 11 is 0. The summed E-state index contributed by atoms with van der Waals surface area (Å²) in [7, 11) is 9.22. The Labute approximate surface area is 245 Å². The number of nitrogens with one attached hydrogen (secondary N) is 1. The van der Waals surface area contributed by atoms with Gasteiger partial charge >= 0.3 is 0 Å². The number of hydrogen-bond acceptors (Lipinski definition) is 10. The molecule has 4 aromatic rings. The number of anilines is 5. The minimum atomic E-state index is -0.369. The van der Waals surface area contributed by atoms with Crippen LogP contribution in [0.25, 0.3) is 11.3 Å². The largest absolute Gasteiger partial charge is 0.494 e. The number of likely N-dealkylation sites (N-methyl/N-ethyl adjacent to an activating group) is 2. The number of fused-ring (bicyclic) bond motifs is 1. The van der Waals surface area contributed by atoms with Crippen LogP contribution < -0.4 is 19.9 Å². The molecule has 220 valence electrons. The van der Waals surface area contributed by atoms with Crippen LogP contribution >= 0.6 is 0 Å². The van der Waals surface area contributed by atoms with E-state index in [1.807, 2.05) is 68.6 Å². The van der Waals surface area contributed by atoms with Crippen LogP contribution in [0.5, 0.6) is 5.75 Å². The third kappa shape index (κ3) is 5.70. The van der Waals surface area contributed by atoms with Crippen molar-refractivity contribution in [2.24, 2.45) is 7.05 Å². The summed E-state index contributed by atoms with van der Waals surface area (Å²) in [5.41, 5.74) is 5.59. The summed E-state index contributed by atoms with van der Waals surface area (Å²) in [6, 6.07) is 11.2. The molecule has 1 aliphatic heterocycles. The number of hydrogen-bond donors (Lipinski definition) is 1. The quantitative estimate of drug-likeness (QED) is 0.207. The molecular formula is C30H37N9O3. The number of nitrogens with zero attached hydrogens (tertiary/aromatic N) is 8. The molecule has 0 bridgehead atoms. The first kappa shape index (κ1) is 28.8. The van der Waals surface area contributed by atoms with E-state index in [1.54, 1.807) is 24.1 Å². The van der Waals surface area contributed by atoms with Crippen LogP contribution in [0.15, 0.2) is 55.0 Å². The molecule has 5 rings (SSSR count). The molecule has 1 aromatic carbocycles. The van der Waals surface area contributed by atoms with Gasteiger partial charge < -0.3 is 24.8 Å². The highest BCUT2D eigenvalue weighted by Crippen LogP contribution is 2.45. The maximum Gasteiger partial charge on any atom is 0.294 e. The summed E-state index contributed by atoms with van der Waals surface area (Å²) in [6.45, 7) is 6.49. The molecule has 3 aromatic heterocycles. The zero-order valence-electron chi connectivity index (χ0n) is 25.1. The molecular weight excluding hydrogens is 534 g/mol. The van der Waals surface area contributed by atoms with Crippen molar-refractivity contribution in [3.8, 4) is 17.0 Å². The second kappa shape index (κ2) is 11.3. The molecule has 1 N–H and O–H groups in total. The maximum atomic E-state index is 12.1. The summed E-state index contributed by atoms with van der Waals surface area (Å²) in [6.07, 6.45) is 5.51. The van der Waals surface area contributed by atoms with E-state index in [0.717, 1.165) is 41.4 Å². The zero-order valence-corrected chi connectivity index (χ0v) is 25.1. The normalized spacial score (nSPS) is 13.8. The third-order valence-corrected chi connectivity index (χ3v) is 7.47. The van der Waals surface area contributed by atoms with Crippen LogP contribution in [0.1, 0.15) is 19.5 Å². The predicted octanol–water partition coefficient (Wildman–Crippen LogP) is 4.96. The molecule has 0 radical (unpaired) electrons. The Kier molecular flexibility index (Phi) is 7.74. The molecule has 0 unspecified atom stereocenters. The lowest BCUT2D eigenvalue weighted by Gasteiger charge is -2.23. The van der Waals surface area contributed by atoms with Gasteiger partial charge in [-0.1, -0.05) is 13.8 Å². The molecule has 0 saturated carbocycles. The van der Waals surface area contributed by atoms with Gasteiger partial charge in [-0.15, -0.1) is 0 Å². The molecule has 0 aliphatic carbocycles. The van der Waals surface area contributed by atoms with Crippen LogP contribution in [0, 0.1) is 10.1 Å². The van der Waals surface area contributed by atoms with E-state index in [4.69, 9.17) is 9.72 Å². The Morgan fingerprint density at radius 2 is 1.93 bits per heavy atom. The highest BCUT2D eigenvalue weighted by atomic mass is 16.6. The van der Waals surface area contributed by atoms with E-state index in [-0.39, 0.29) is 16.0 Å². The average molecular weight is 572 g/mol.